The molecule has 0 aliphatic rings. The smallest absolute Gasteiger partial charge is 0.185 e. The number of ketones is 1. The summed E-state index contributed by atoms with van der Waals surface area (Å²) >= 11 is 9.28. The van der Waals surface area contributed by atoms with Crippen LogP contribution in [0.25, 0.3) is 0 Å². The van der Waals surface area contributed by atoms with E-state index in [4.69, 9.17) is 11.6 Å². The van der Waals surface area contributed by atoms with Gasteiger partial charge in [-0.3, -0.25) is 4.79 Å². The first-order valence-corrected chi connectivity index (χ1v) is 7.27. The van der Waals surface area contributed by atoms with Crippen LogP contribution in [0.2, 0.25) is 5.02 Å². The molecule has 0 aliphatic carbocycles. The summed E-state index contributed by atoms with van der Waals surface area (Å²) in [4.78, 5) is 12.6. The fraction of sp³-hybridized carbons (Fsp3) is 0.125. The summed E-state index contributed by atoms with van der Waals surface area (Å²) in [7, 11) is 0. The molecule has 1 unspecified atom stereocenters. The van der Waals surface area contributed by atoms with Gasteiger partial charge < -0.3 is 0 Å². The van der Waals surface area contributed by atoms with Crippen LogP contribution in [-0.2, 0) is 0 Å². The molecule has 0 N–H and O–H groups in total. The van der Waals surface area contributed by atoms with E-state index in [1.54, 1.807) is 12.1 Å². The van der Waals surface area contributed by atoms with Gasteiger partial charge in [-0.25, -0.2) is 4.39 Å². The van der Waals surface area contributed by atoms with Gasteiger partial charge in [0.15, 0.2) is 5.78 Å². The van der Waals surface area contributed by atoms with Crippen LogP contribution in [0.3, 0.4) is 0 Å². The largest absolute Gasteiger partial charge is 0.292 e. The number of hydrogen-bond acceptors (Lipinski definition) is 2. The van der Waals surface area contributed by atoms with E-state index >= 15 is 0 Å². The van der Waals surface area contributed by atoms with Crippen molar-refractivity contribution in [3.8, 4) is 6.07 Å². The summed E-state index contributed by atoms with van der Waals surface area (Å²) in [5.74, 6) is -2.43. The zero-order chi connectivity index (χ0) is 15.6. The Bertz CT molecular complexity index is 734. The van der Waals surface area contributed by atoms with E-state index in [0.717, 1.165) is 5.56 Å². The van der Waals surface area contributed by atoms with Crippen molar-refractivity contribution in [2.75, 3.05) is 0 Å². The lowest BCUT2D eigenvalue weighted by Gasteiger charge is -2.13. The number of nitrogens with zero attached hydrogens (tertiary/aromatic N) is 1. The Kier molecular flexibility index (Phi) is 4.76. The van der Waals surface area contributed by atoms with Crippen LogP contribution in [0.1, 0.15) is 27.4 Å². The molecule has 0 heterocycles. The zero-order valence-corrected chi connectivity index (χ0v) is 13.4. The lowest BCUT2D eigenvalue weighted by Crippen LogP contribution is -2.14. The molecule has 0 spiro atoms. The van der Waals surface area contributed by atoms with E-state index in [9.17, 15) is 14.4 Å². The number of Topliss-reactive ketones (excluding diaryl/α,β-unsaturated/α-hetero) is 1. The monoisotopic (exact) mass is 365 g/mol. The molecule has 0 bridgehead atoms. The zero-order valence-electron chi connectivity index (χ0n) is 11.0. The average Bonchev–Trinajstić information content (AvgIpc) is 2.45. The van der Waals surface area contributed by atoms with Crippen LogP contribution in [0, 0.1) is 24.1 Å². The molecule has 2 aromatic carbocycles. The van der Waals surface area contributed by atoms with Gasteiger partial charge in [-0.05, 0) is 40.5 Å². The minimum Gasteiger partial charge on any atom is -0.292 e. The van der Waals surface area contributed by atoms with Crippen molar-refractivity contribution in [3.63, 3.8) is 0 Å². The fourth-order valence-electron chi connectivity index (χ4n) is 2.03. The van der Waals surface area contributed by atoms with Crippen LogP contribution in [0.5, 0.6) is 0 Å². The Morgan fingerprint density at radius 3 is 2.62 bits per heavy atom. The highest BCUT2D eigenvalue weighted by Gasteiger charge is 2.28. The van der Waals surface area contributed by atoms with Gasteiger partial charge in [0.05, 0.1) is 6.07 Å². The van der Waals surface area contributed by atoms with Gasteiger partial charge in [-0.2, -0.15) is 5.26 Å². The highest BCUT2D eigenvalue weighted by molar-refractivity contribution is 9.10. The molecule has 0 saturated carbocycles. The maximum Gasteiger partial charge on any atom is 0.185 e. The lowest BCUT2D eigenvalue weighted by atomic mass is 9.91. The minimum atomic E-state index is -1.28. The number of rotatable bonds is 3. The third-order valence-electron chi connectivity index (χ3n) is 3.14. The van der Waals surface area contributed by atoms with Crippen molar-refractivity contribution in [1.82, 2.24) is 0 Å². The number of nitriles is 1. The molecular weight excluding hydrogens is 357 g/mol. The Labute approximate surface area is 135 Å². The summed E-state index contributed by atoms with van der Waals surface area (Å²) in [5.41, 5.74) is 1.11. The van der Waals surface area contributed by atoms with Crippen molar-refractivity contribution >= 4 is 33.3 Å². The molecule has 0 aliphatic heterocycles. The van der Waals surface area contributed by atoms with Crippen molar-refractivity contribution < 1.29 is 9.18 Å². The molecule has 1 atom stereocenters. The van der Waals surface area contributed by atoms with Crippen molar-refractivity contribution in [3.05, 3.63) is 68.4 Å². The second-order valence-electron chi connectivity index (χ2n) is 4.50. The Hall–Kier alpha value is -1.70. The van der Waals surface area contributed by atoms with E-state index in [1.165, 1.54) is 18.2 Å². The molecule has 0 amide bonds. The summed E-state index contributed by atoms with van der Waals surface area (Å²) in [6, 6.07) is 11.1. The number of benzene rings is 2. The van der Waals surface area contributed by atoms with Crippen LogP contribution < -0.4 is 0 Å². The summed E-state index contributed by atoms with van der Waals surface area (Å²) < 4.78 is 14.5. The second-order valence-corrected chi connectivity index (χ2v) is 5.70. The first kappa shape index (κ1) is 15.7. The number of carbonyl (C=O) groups is 1. The predicted octanol–water partition coefficient (Wildman–Crippen LogP) is 5.04. The standard InChI is InChI=1S/C16H10BrClFNO/c1-9-4-2-5-10(15(9)17)16(21)11(8-20)14-12(18)6-3-7-13(14)19/h2-7,11H,1H3. The summed E-state index contributed by atoms with van der Waals surface area (Å²) in [6.07, 6.45) is 0. The maximum absolute atomic E-state index is 13.9. The van der Waals surface area contributed by atoms with E-state index in [-0.39, 0.29) is 10.6 Å². The van der Waals surface area contributed by atoms with Crippen LogP contribution in [0.4, 0.5) is 4.39 Å². The minimum absolute atomic E-state index is 0.0682. The van der Waals surface area contributed by atoms with Crippen LogP contribution in [0.15, 0.2) is 40.9 Å². The van der Waals surface area contributed by atoms with Gasteiger partial charge in [0.2, 0.25) is 0 Å². The topological polar surface area (TPSA) is 40.9 Å². The van der Waals surface area contributed by atoms with Gasteiger partial charge in [-0.15, -0.1) is 0 Å². The highest BCUT2D eigenvalue weighted by atomic mass is 79.9. The maximum atomic E-state index is 13.9. The molecule has 2 rings (SSSR count). The SMILES string of the molecule is Cc1cccc(C(=O)C(C#N)c2c(F)cccc2Cl)c1Br. The lowest BCUT2D eigenvalue weighted by molar-refractivity contribution is 0.0976. The molecule has 0 fully saturated rings. The van der Waals surface area contributed by atoms with Gasteiger partial charge in [0.1, 0.15) is 11.7 Å². The third-order valence-corrected chi connectivity index (χ3v) is 4.52. The van der Waals surface area contributed by atoms with Crippen molar-refractivity contribution in [1.29, 1.82) is 5.26 Å². The van der Waals surface area contributed by atoms with Crippen molar-refractivity contribution in [2.45, 2.75) is 12.8 Å². The molecule has 21 heavy (non-hydrogen) atoms. The van der Waals surface area contributed by atoms with E-state index in [0.29, 0.717) is 10.0 Å². The highest BCUT2D eigenvalue weighted by Crippen LogP contribution is 2.32. The molecule has 0 saturated heterocycles. The molecule has 0 aromatic heterocycles. The fourth-order valence-corrected chi connectivity index (χ4v) is 2.77. The van der Waals surface area contributed by atoms with Gasteiger partial charge in [0, 0.05) is 20.6 Å². The number of carbonyl (C=O) groups excluding carboxylic acids is 1. The quantitative estimate of drug-likeness (QED) is 0.714. The van der Waals surface area contributed by atoms with Crippen LogP contribution >= 0.6 is 27.5 Å². The second kappa shape index (κ2) is 6.38. The Morgan fingerprint density at radius 1 is 1.33 bits per heavy atom. The third kappa shape index (κ3) is 2.99. The van der Waals surface area contributed by atoms with Gasteiger partial charge >= 0.3 is 0 Å². The van der Waals surface area contributed by atoms with E-state index < -0.39 is 17.5 Å². The number of hydrogen-bond donors (Lipinski definition) is 0. The Balaban J connectivity index is 2.55. The summed E-state index contributed by atoms with van der Waals surface area (Å²) in [6.45, 7) is 1.83. The molecular formula is C16H10BrClFNO. The van der Waals surface area contributed by atoms with E-state index in [1.807, 2.05) is 19.1 Å². The first-order chi connectivity index (χ1) is 9.97. The number of halogens is 3. The predicted molar refractivity (Wildman–Crippen MR) is 83.0 cm³/mol. The number of aryl methyl sites for hydroxylation is 1. The van der Waals surface area contributed by atoms with Gasteiger partial charge in [0.25, 0.3) is 0 Å². The molecule has 0 radical (unpaired) electrons. The molecule has 106 valence electrons. The normalized spacial score (nSPS) is 11.8. The molecule has 2 nitrogen and oxygen atoms in total. The molecule has 5 heteroatoms. The van der Waals surface area contributed by atoms with Crippen molar-refractivity contribution in [2.24, 2.45) is 0 Å². The van der Waals surface area contributed by atoms with E-state index in [2.05, 4.69) is 15.9 Å². The summed E-state index contributed by atoms with van der Waals surface area (Å²) in [5, 5.41) is 9.38. The average molecular weight is 367 g/mol. The van der Waals surface area contributed by atoms with Gasteiger partial charge in [-0.1, -0.05) is 35.9 Å². The molecule has 2 aromatic rings. The van der Waals surface area contributed by atoms with Crippen LogP contribution in [-0.4, -0.2) is 5.78 Å². The Morgan fingerprint density at radius 2 is 2.00 bits per heavy atom. The first-order valence-electron chi connectivity index (χ1n) is 6.10.